The first-order valence-corrected chi connectivity index (χ1v) is 6.09. The molecule has 3 heteroatoms. The minimum Gasteiger partial charge on any atom is -0.352 e. The lowest BCUT2D eigenvalue weighted by Crippen LogP contribution is -2.35. The molecule has 1 amide bonds. The summed E-state index contributed by atoms with van der Waals surface area (Å²) in [7, 11) is 0. The van der Waals surface area contributed by atoms with E-state index in [0.717, 1.165) is 24.2 Å². The third-order valence-corrected chi connectivity index (χ3v) is 3.44. The Balaban J connectivity index is 1.91. The van der Waals surface area contributed by atoms with E-state index in [9.17, 15) is 4.79 Å². The minimum absolute atomic E-state index is 0.148. The largest absolute Gasteiger partial charge is 0.352 e. The molecule has 1 fully saturated rings. The summed E-state index contributed by atoms with van der Waals surface area (Å²) in [5.41, 5.74) is 2.30. The highest BCUT2D eigenvalue weighted by Crippen LogP contribution is 2.17. The fourth-order valence-corrected chi connectivity index (χ4v) is 2.44. The van der Waals surface area contributed by atoms with Crippen molar-refractivity contribution in [1.82, 2.24) is 9.88 Å². The molecule has 1 aliphatic rings. The van der Waals surface area contributed by atoms with Crippen molar-refractivity contribution in [1.29, 1.82) is 0 Å². The Morgan fingerprint density at radius 3 is 2.44 bits per heavy atom. The Hall–Kier alpha value is -1.25. The molecular formula is C13H20N2O. The molecule has 1 aromatic rings. The van der Waals surface area contributed by atoms with Gasteiger partial charge in [0.15, 0.2) is 0 Å². The van der Waals surface area contributed by atoms with Crippen LogP contribution in [0.2, 0.25) is 0 Å². The molecule has 0 aliphatic heterocycles. The number of amides is 1. The van der Waals surface area contributed by atoms with Gasteiger partial charge in [-0.05, 0) is 38.8 Å². The van der Waals surface area contributed by atoms with Gasteiger partial charge in [-0.3, -0.25) is 4.79 Å². The molecule has 88 valence electrons. The van der Waals surface area contributed by atoms with E-state index in [-0.39, 0.29) is 5.91 Å². The number of carbonyl (C=O) groups excluding carboxylic acids is 1. The van der Waals surface area contributed by atoms with E-state index in [2.05, 4.69) is 22.0 Å². The van der Waals surface area contributed by atoms with Crippen molar-refractivity contribution in [3.8, 4) is 0 Å². The lowest BCUT2D eigenvalue weighted by molar-refractivity contribution is -0.122. The monoisotopic (exact) mass is 220 g/mol. The highest BCUT2D eigenvalue weighted by molar-refractivity contribution is 5.76. The summed E-state index contributed by atoms with van der Waals surface area (Å²) < 4.78 is 2.06. The van der Waals surface area contributed by atoms with E-state index in [4.69, 9.17) is 0 Å². The smallest absolute Gasteiger partial charge is 0.240 e. The van der Waals surface area contributed by atoms with Gasteiger partial charge in [0, 0.05) is 17.4 Å². The summed E-state index contributed by atoms with van der Waals surface area (Å²) in [6.45, 7) is 4.53. The quantitative estimate of drug-likeness (QED) is 0.832. The second-order valence-electron chi connectivity index (χ2n) is 4.75. The number of hydrogen-bond donors (Lipinski definition) is 1. The SMILES string of the molecule is Cc1ccc(C)n1CC(=O)NC1CCCC1. The van der Waals surface area contributed by atoms with Crippen LogP contribution in [0, 0.1) is 13.8 Å². The number of aryl methyl sites for hydroxylation is 2. The number of hydrogen-bond acceptors (Lipinski definition) is 1. The average molecular weight is 220 g/mol. The summed E-state index contributed by atoms with van der Waals surface area (Å²) >= 11 is 0. The zero-order valence-electron chi connectivity index (χ0n) is 10.1. The van der Waals surface area contributed by atoms with Gasteiger partial charge in [-0.15, -0.1) is 0 Å². The van der Waals surface area contributed by atoms with Crippen LogP contribution in [0.25, 0.3) is 0 Å². The Morgan fingerprint density at radius 2 is 1.88 bits per heavy atom. The summed E-state index contributed by atoms with van der Waals surface area (Å²) in [6.07, 6.45) is 4.81. The topological polar surface area (TPSA) is 34.0 Å². The van der Waals surface area contributed by atoms with Crippen molar-refractivity contribution in [2.75, 3.05) is 0 Å². The Morgan fingerprint density at radius 1 is 1.31 bits per heavy atom. The fourth-order valence-electron chi connectivity index (χ4n) is 2.44. The van der Waals surface area contributed by atoms with Crippen molar-refractivity contribution in [2.24, 2.45) is 0 Å². The highest BCUT2D eigenvalue weighted by atomic mass is 16.2. The van der Waals surface area contributed by atoms with Gasteiger partial charge >= 0.3 is 0 Å². The molecule has 1 heterocycles. The number of carbonyl (C=O) groups is 1. The maximum absolute atomic E-state index is 11.8. The molecule has 0 radical (unpaired) electrons. The second-order valence-corrected chi connectivity index (χ2v) is 4.75. The highest BCUT2D eigenvalue weighted by Gasteiger charge is 2.17. The van der Waals surface area contributed by atoms with Gasteiger partial charge in [0.25, 0.3) is 0 Å². The van der Waals surface area contributed by atoms with Gasteiger partial charge in [-0.25, -0.2) is 0 Å². The molecule has 1 saturated carbocycles. The molecular weight excluding hydrogens is 200 g/mol. The van der Waals surface area contributed by atoms with Crippen LogP contribution in [0.1, 0.15) is 37.1 Å². The average Bonchev–Trinajstić information content (AvgIpc) is 2.83. The first kappa shape index (κ1) is 11.2. The number of aromatic nitrogens is 1. The van der Waals surface area contributed by atoms with Crippen molar-refractivity contribution in [3.63, 3.8) is 0 Å². The van der Waals surface area contributed by atoms with E-state index >= 15 is 0 Å². The maximum atomic E-state index is 11.8. The van der Waals surface area contributed by atoms with E-state index in [0.29, 0.717) is 12.6 Å². The van der Waals surface area contributed by atoms with Crippen LogP contribution in [-0.2, 0) is 11.3 Å². The second kappa shape index (κ2) is 4.73. The number of nitrogens with one attached hydrogen (secondary N) is 1. The number of rotatable bonds is 3. The third kappa shape index (κ3) is 2.46. The molecule has 0 aromatic carbocycles. The molecule has 2 rings (SSSR count). The number of nitrogens with zero attached hydrogens (tertiary/aromatic N) is 1. The summed E-state index contributed by atoms with van der Waals surface area (Å²) in [6, 6.07) is 4.53. The van der Waals surface area contributed by atoms with Crippen LogP contribution in [0.15, 0.2) is 12.1 Å². The predicted octanol–water partition coefficient (Wildman–Crippen LogP) is 2.16. The van der Waals surface area contributed by atoms with E-state index < -0.39 is 0 Å². The standard InChI is InChI=1S/C13H20N2O/c1-10-7-8-11(2)15(10)9-13(16)14-12-5-3-4-6-12/h7-8,12H,3-6,9H2,1-2H3,(H,14,16). The molecule has 0 unspecified atom stereocenters. The Labute approximate surface area is 96.8 Å². The first-order chi connectivity index (χ1) is 7.66. The molecule has 1 aromatic heterocycles. The Kier molecular flexibility index (Phi) is 3.32. The molecule has 0 saturated heterocycles. The van der Waals surface area contributed by atoms with Crippen LogP contribution in [0.4, 0.5) is 0 Å². The minimum atomic E-state index is 0.148. The molecule has 3 nitrogen and oxygen atoms in total. The lowest BCUT2D eigenvalue weighted by Gasteiger charge is -2.14. The van der Waals surface area contributed by atoms with E-state index in [1.165, 1.54) is 12.8 Å². The van der Waals surface area contributed by atoms with Gasteiger partial charge in [-0.1, -0.05) is 12.8 Å². The summed E-state index contributed by atoms with van der Waals surface area (Å²) in [5, 5.41) is 3.11. The van der Waals surface area contributed by atoms with Gasteiger partial charge in [-0.2, -0.15) is 0 Å². The van der Waals surface area contributed by atoms with Gasteiger partial charge in [0.1, 0.15) is 6.54 Å². The predicted molar refractivity (Wildman–Crippen MR) is 64.3 cm³/mol. The summed E-state index contributed by atoms with van der Waals surface area (Å²) in [5.74, 6) is 0.148. The van der Waals surface area contributed by atoms with Crippen molar-refractivity contribution >= 4 is 5.91 Å². The van der Waals surface area contributed by atoms with Gasteiger partial charge in [0.2, 0.25) is 5.91 Å². The van der Waals surface area contributed by atoms with Crippen LogP contribution in [0.5, 0.6) is 0 Å². The molecule has 0 spiro atoms. The molecule has 1 N–H and O–H groups in total. The summed E-state index contributed by atoms with van der Waals surface area (Å²) in [4.78, 5) is 11.8. The Bertz CT molecular complexity index is 356. The van der Waals surface area contributed by atoms with Crippen LogP contribution in [0.3, 0.4) is 0 Å². The third-order valence-electron chi connectivity index (χ3n) is 3.44. The van der Waals surface area contributed by atoms with Gasteiger partial charge < -0.3 is 9.88 Å². The maximum Gasteiger partial charge on any atom is 0.240 e. The van der Waals surface area contributed by atoms with Crippen LogP contribution < -0.4 is 5.32 Å². The fraction of sp³-hybridized carbons (Fsp3) is 0.615. The molecule has 0 atom stereocenters. The van der Waals surface area contributed by atoms with Gasteiger partial charge in [0.05, 0.1) is 0 Å². The van der Waals surface area contributed by atoms with Crippen LogP contribution >= 0.6 is 0 Å². The zero-order chi connectivity index (χ0) is 11.5. The zero-order valence-corrected chi connectivity index (χ0v) is 10.1. The van der Waals surface area contributed by atoms with Crippen molar-refractivity contribution < 1.29 is 4.79 Å². The molecule has 0 bridgehead atoms. The van der Waals surface area contributed by atoms with E-state index in [1.807, 2.05) is 13.8 Å². The normalized spacial score (nSPS) is 16.6. The van der Waals surface area contributed by atoms with Crippen molar-refractivity contribution in [3.05, 3.63) is 23.5 Å². The van der Waals surface area contributed by atoms with Crippen LogP contribution in [-0.4, -0.2) is 16.5 Å². The molecule has 1 aliphatic carbocycles. The van der Waals surface area contributed by atoms with E-state index in [1.54, 1.807) is 0 Å². The van der Waals surface area contributed by atoms with Crippen molar-refractivity contribution in [2.45, 2.75) is 52.1 Å². The molecule has 16 heavy (non-hydrogen) atoms. The first-order valence-electron chi connectivity index (χ1n) is 6.09. The lowest BCUT2D eigenvalue weighted by atomic mass is 10.2.